The average Bonchev–Trinajstić information content (AvgIpc) is 3.22. The molecule has 1 aliphatic heterocycles. The third-order valence-electron chi connectivity index (χ3n) is 5.30. The Kier molecular flexibility index (Phi) is 4.59. The van der Waals surface area contributed by atoms with Crippen molar-refractivity contribution in [1.29, 1.82) is 0 Å². The van der Waals surface area contributed by atoms with Crippen LogP contribution in [0.4, 0.5) is 5.82 Å². The highest BCUT2D eigenvalue weighted by atomic mass is 16.7. The molecule has 0 spiro atoms. The Morgan fingerprint density at radius 1 is 1.26 bits per heavy atom. The van der Waals surface area contributed by atoms with Gasteiger partial charge in [0.1, 0.15) is 23.6 Å². The Hall–Kier alpha value is -2.48. The van der Waals surface area contributed by atoms with Gasteiger partial charge in [0, 0.05) is 5.92 Å². The fourth-order valence-electron chi connectivity index (χ4n) is 3.87. The van der Waals surface area contributed by atoms with Crippen molar-refractivity contribution >= 4 is 11.3 Å². The maximum atomic E-state index is 11.6. The molecule has 4 atom stereocenters. The average molecular weight is 368 g/mol. The molecular weight excluding hydrogens is 344 g/mol. The summed E-state index contributed by atoms with van der Waals surface area (Å²) in [5, 5.41) is 15.8. The molecule has 1 fully saturated rings. The van der Waals surface area contributed by atoms with Crippen LogP contribution in [-0.4, -0.2) is 31.9 Å². The van der Waals surface area contributed by atoms with Crippen molar-refractivity contribution < 1.29 is 14.6 Å². The summed E-state index contributed by atoms with van der Waals surface area (Å²) in [6, 6.07) is 13.4. The van der Waals surface area contributed by atoms with Gasteiger partial charge >= 0.3 is 0 Å². The summed E-state index contributed by atoms with van der Waals surface area (Å²) in [6.45, 7) is 4.47. The first-order chi connectivity index (χ1) is 13.0. The number of hydrogen-bond donors (Lipinski definition) is 2. The number of anilines is 1. The monoisotopic (exact) mass is 368 g/mol. The van der Waals surface area contributed by atoms with Crippen molar-refractivity contribution in [2.45, 2.75) is 44.9 Å². The lowest BCUT2D eigenvalue weighted by molar-refractivity contribution is -0.251. The number of ether oxygens (including phenoxy) is 2. The van der Waals surface area contributed by atoms with Crippen molar-refractivity contribution in [2.24, 2.45) is 5.92 Å². The molecule has 1 aliphatic rings. The number of rotatable bonds is 5. The van der Waals surface area contributed by atoms with E-state index in [0.29, 0.717) is 23.6 Å². The molecular formula is C20H24N4O3. The summed E-state index contributed by atoms with van der Waals surface area (Å²) in [5.41, 5.74) is 8.09. The summed E-state index contributed by atoms with van der Waals surface area (Å²) >= 11 is 0. The first-order valence-electron chi connectivity index (χ1n) is 9.19. The molecule has 7 nitrogen and oxygen atoms in total. The number of hydrogen-bond acceptors (Lipinski definition) is 6. The van der Waals surface area contributed by atoms with E-state index in [2.05, 4.69) is 10.1 Å². The molecule has 3 aromatic rings. The highest BCUT2D eigenvalue weighted by Gasteiger charge is 2.55. The van der Waals surface area contributed by atoms with Crippen molar-refractivity contribution in [3.05, 3.63) is 60.0 Å². The summed E-state index contributed by atoms with van der Waals surface area (Å²) in [4.78, 5) is 4.00. The maximum absolute atomic E-state index is 11.6. The minimum absolute atomic E-state index is 0.00782. The van der Waals surface area contributed by atoms with Gasteiger partial charge in [-0.15, -0.1) is 0 Å². The number of fused-ring (bicyclic) bond motifs is 1. The Morgan fingerprint density at radius 3 is 2.78 bits per heavy atom. The molecule has 7 heteroatoms. The predicted octanol–water partition coefficient (Wildman–Crippen LogP) is 2.49. The van der Waals surface area contributed by atoms with E-state index in [-0.39, 0.29) is 12.0 Å². The predicted molar refractivity (Wildman–Crippen MR) is 101 cm³/mol. The fourth-order valence-corrected chi connectivity index (χ4v) is 3.87. The van der Waals surface area contributed by atoms with Gasteiger partial charge in [0.15, 0.2) is 5.82 Å². The zero-order valence-electron chi connectivity index (χ0n) is 15.4. The summed E-state index contributed by atoms with van der Waals surface area (Å²) in [6.07, 6.45) is 1.47. The van der Waals surface area contributed by atoms with Crippen LogP contribution in [0.2, 0.25) is 0 Å². The number of nitrogen functional groups attached to an aromatic ring is 1. The first-order valence-corrected chi connectivity index (χ1v) is 9.19. The Bertz CT molecular complexity index is 929. The summed E-state index contributed by atoms with van der Waals surface area (Å²) in [5.74, 6) is -1.27. The van der Waals surface area contributed by atoms with Crippen molar-refractivity contribution in [1.82, 2.24) is 14.6 Å². The molecule has 0 amide bonds. The van der Waals surface area contributed by atoms with E-state index in [0.717, 1.165) is 12.0 Å². The SMILES string of the molecule is CC[C@H]1O[C@@](O)(c2ccc3c(N)ncnn23)[C@H](OCc2ccccc2)[C@@H]1C. The van der Waals surface area contributed by atoms with Crippen LogP contribution in [-0.2, 0) is 21.9 Å². The van der Waals surface area contributed by atoms with Gasteiger partial charge in [-0.3, -0.25) is 0 Å². The third-order valence-corrected chi connectivity index (χ3v) is 5.30. The van der Waals surface area contributed by atoms with Crippen LogP contribution in [0.15, 0.2) is 48.8 Å². The molecule has 0 bridgehead atoms. The maximum Gasteiger partial charge on any atom is 0.237 e. The lowest BCUT2D eigenvalue weighted by Crippen LogP contribution is -2.41. The highest BCUT2D eigenvalue weighted by Crippen LogP contribution is 2.44. The Labute approximate surface area is 157 Å². The highest BCUT2D eigenvalue weighted by molar-refractivity contribution is 5.65. The zero-order valence-corrected chi connectivity index (χ0v) is 15.4. The molecule has 0 radical (unpaired) electrons. The largest absolute Gasteiger partial charge is 0.382 e. The molecule has 4 rings (SSSR count). The molecule has 1 aromatic carbocycles. The van der Waals surface area contributed by atoms with Crippen molar-refractivity contribution in [3.63, 3.8) is 0 Å². The standard InChI is InChI=1S/C20H24N4O3/c1-3-16-13(2)18(26-11-14-7-5-4-6-8-14)20(25,27-16)17-10-9-15-19(21)22-12-23-24(15)17/h4-10,12-13,16,18,25H,3,11H2,1-2H3,(H2,21,22,23)/t13-,16-,18-,20+/m1/s1. The molecule has 1 saturated heterocycles. The van der Waals surface area contributed by atoms with Gasteiger partial charge in [0.25, 0.3) is 0 Å². The van der Waals surface area contributed by atoms with Gasteiger partial charge < -0.3 is 20.3 Å². The number of aliphatic hydroxyl groups is 1. The molecule has 142 valence electrons. The normalized spacial score (nSPS) is 28.0. The van der Waals surface area contributed by atoms with Crippen LogP contribution in [0.3, 0.4) is 0 Å². The van der Waals surface area contributed by atoms with Gasteiger partial charge in [-0.25, -0.2) is 9.50 Å². The molecule has 0 saturated carbocycles. The Morgan fingerprint density at radius 2 is 2.04 bits per heavy atom. The molecule has 0 aliphatic carbocycles. The molecule has 3 N–H and O–H groups in total. The van der Waals surface area contributed by atoms with E-state index in [1.807, 2.05) is 44.2 Å². The first kappa shape index (κ1) is 17.9. The smallest absolute Gasteiger partial charge is 0.237 e. The second-order valence-electron chi connectivity index (χ2n) is 7.00. The number of aromatic nitrogens is 3. The van der Waals surface area contributed by atoms with Gasteiger partial charge in [0.2, 0.25) is 5.79 Å². The zero-order chi connectivity index (χ0) is 19.0. The second-order valence-corrected chi connectivity index (χ2v) is 7.00. The molecule has 2 aromatic heterocycles. The number of benzene rings is 1. The van der Waals surface area contributed by atoms with Crippen LogP contribution in [0.25, 0.3) is 5.52 Å². The van der Waals surface area contributed by atoms with E-state index < -0.39 is 11.9 Å². The van der Waals surface area contributed by atoms with Gasteiger partial charge in [0.05, 0.1) is 12.7 Å². The molecule has 27 heavy (non-hydrogen) atoms. The van der Waals surface area contributed by atoms with Crippen molar-refractivity contribution in [2.75, 3.05) is 5.73 Å². The fraction of sp³-hybridized carbons (Fsp3) is 0.400. The van der Waals surface area contributed by atoms with Crippen LogP contribution < -0.4 is 5.73 Å². The minimum atomic E-state index is -1.62. The molecule has 0 unspecified atom stereocenters. The quantitative estimate of drug-likeness (QED) is 0.718. The van der Waals surface area contributed by atoms with Crippen LogP contribution in [0.1, 0.15) is 31.5 Å². The van der Waals surface area contributed by atoms with E-state index in [4.69, 9.17) is 15.2 Å². The topological polar surface area (TPSA) is 94.9 Å². The third kappa shape index (κ3) is 2.97. The van der Waals surface area contributed by atoms with Gasteiger partial charge in [-0.2, -0.15) is 5.10 Å². The van der Waals surface area contributed by atoms with Gasteiger partial charge in [-0.05, 0) is 24.1 Å². The van der Waals surface area contributed by atoms with Gasteiger partial charge in [-0.1, -0.05) is 44.2 Å². The van der Waals surface area contributed by atoms with Crippen LogP contribution in [0, 0.1) is 5.92 Å². The van der Waals surface area contributed by atoms with E-state index >= 15 is 0 Å². The van der Waals surface area contributed by atoms with E-state index in [9.17, 15) is 5.11 Å². The lowest BCUT2D eigenvalue weighted by atomic mass is 9.93. The lowest BCUT2D eigenvalue weighted by Gasteiger charge is -2.29. The van der Waals surface area contributed by atoms with Crippen molar-refractivity contribution in [3.8, 4) is 0 Å². The molecule has 3 heterocycles. The summed E-state index contributed by atoms with van der Waals surface area (Å²) in [7, 11) is 0. The van der Waals surface area contributed by atoms with E-state index in [1.54, 1.807) is 16.6 Å². The van der Waals surface area contributed by atoms with Crippen LogP contribution >= 0.6 is 0 Å². The minimum Gasteiger partial charge on any atom is -0.382 e. The second kappa shape index (κ2) is 6.92. The van der Waals surface area contributed by atoms with Crippen LogP contribution in [0.5, 0.6) is 0 Å². The number of nitrogens with two attached hydrogens (primary N) is 1. The summed E-state index contributed by atoms with van der Waals surface area (Å²) < 4.78 is 13.9. The van der Waals surface area contributed by atoms with E-state index in [1.165, 1.54) is 6.33 Å². The number of nitrogens with zero attached hydrogens (tertiary/aromatic N) is 3. The Balaban J connectivity index is 1.71.